The van der Waals surface area contributed by atoms with E-state index in [9.17, 15) is 0 Å². The van der Waals surface area contributed by atoms with Crippen molar-refractivity contribution in [3.8, 4) is 11.4 Å². The highest BCUT2D eigenvalue weighted by molar-refractivity contribution is 9.10. The molecule has 3 rings (SSSR count). The van der Waals surface area contributed by atoms with Gasteiger partial charge in [-0.15, -0.1) is 10.2 Å². The number of hydrogen-bond acceptors (Lipinski definition) is 3. The van der Waals surface area contributed by atoms with Gasteiger partial charge in [-0.2, -0.15) is 0 Å². The average Bonchev–Trinajstić information content (AvgIpc) is 2.82. The Morgan fingerprint density at radius 1 is 1.10 bits per heavy atom. The second-order valence-corrected chi connectivity index (χ2v) is 7.07. The lowest BCUT2D eigenvalue weighted by Gasteiger charge is -2.18. The largest absolute Gasteiger partial charge is 0.396 e. The third kappa shape index (κ3) is 2.53. The minimum atomic E-state index is 0.138. The summed E-state index contributed by atoms with van der Waals surface area (Å²) in [6, 6.07) is 10.3. The van der Waals surface area contributed by atoms with Crippen LogP contribution in [0.1, 0.15) is 26.3 Å². The fourth-order valence-electron chi connectivity index (χ4n) is 2.30. The highest BCUT2D eigenvalue weighted by Crippen LogP contribution is 2.27. The zero-order valence-electron chi connectivity index (χ0n) is 12.3. The number of fused-ring (bicyclic) bond motifs is 1. The number of pyridine rings is 1. The van der Waals surface area contributed by atoms with Crippen LogP contribution in [0.2, 0.25) is 0 Å². The smallest absolute Gasteiger partial charge is 0.184 e. The predicted octanol–water partition coefficient (Wildman–Crippen LogP) is 4.04. The van der Waals surface area contributed by atoms with Crippen molar-refractivity contribution in [2.75, 3.05) is 5.73 Å². The lowest BCUT2D eigenvalue weighted by atomic mass is 9.87. The molecular weight excluding hydrogens is 328 g/mol. The van der Waals surface area contributed by atoms with E-state index in [1.54, 1.807) is 0 Å². The number of benzene rings is 1. The first-order valence-electron chi connectivity index (χ1n) is 6.77. The van der Waals surface area contributed by atoms with Gasteiger partial charge < -0.3 is 5.73 Å². The molecule has 0 saturated carbocycles. The van der Waals surface area contributed by atoms with E-state index in [0.29, 0.717) is 11.3 Å². The third-order valence-electron chi connectivity index (χ3n) is 3.51. The lowest BCUT2D eigenvalue weighted by Crippen LogP contribution is -2.10. The highest BCUT2D eigenvalue weighted by Gasteiger charge is 2.15. The van der Waals surface area contributed by atoms with Crippen molar-refractivity contribution >= 4 is 27.3 Å². The first-order chi connectivity index (χ1) is 9.86. The molecule has 0 atom stereocenters. The molecule has 4 nitrogen and oxygen atoms in total. The van der Waals surface area contributed by atoms with Crippen LogP contribution in [0.25, 0.3) is 17.0 Å². The molecule has 0 spiro atoms. The van der Waals surface area contributed by atoms with Crippen LogP contribution in [0.15, 0.2) is 41.0 Å². The molecule has 0 aliphatic carbocycles. The van der Waals surface area contributed by atoms with Crippen LogP contribution >= 0.6 is 15.9 Å². The van der Waals surface area contributed by atoms with Gasteiger partial charge in [0.05, 0.1) is 5.69 Å². The Bertz CT molecular complexity index is 797. The molecule has 0 fully saturated rings. The van der Waals surface area contributed by atoms with Crippen molar-refractivity contribution < 1.29 is 0 Å². The van der Waals surface area contributed by atoms with Crippen LogP contribution in [0, 0.1) is 0 Å². The molecule has 5 heteroatoms. The van der Waals surface area contributed by atoms with Crippen LogP contribution in [-0.4, -0.2) is 14.6 Å². The molecule has 108 valence electrons. The van der Waals surface area contributed by atoms with Crippen molar-refractivity contribution in [2.24, 2.45) is 0 Å². The summed E-state index contributed by atoms with van der Waals surface area (Å²) in [5.41, 5.74) is 9.71. The Labute approximate surface area is 132 Å². The Kier molecular flexibility index (Phi) is 3.24. The molecule has 0 saturated heterocycles. The average molecular weight is 345 g/mol. The van der Waals surface area contributed by atoms with Crippen molar-refractivity contribution in [1.29, 1.82) is 0 Å². The maximum absolute atomic E-state index is 5.98. The van der Waals surface area contributed by atoms with Gasteiger partial charge in [0.15, 0.2) is 11.5 Å². The Hall–Kier alpha value is -1.88. The van der Waals surface area contributed by atoms with Crippen LogP contribution in [0.5, 0.6) is 0 Å². The van der Waals surface area contributed by atoms with Gasteiger partial charge in [0.2, 0.25) is 0 Å². The number of aromatic nitrogens is 3. The third-order valence-corrected chi connectivity index (χ3v) is 3.94. The molecule has 2 aromatic heterocycles. The molecule has 1 aromatic carbocycles. The quantitative estimate of drug-likeness (QED) is 0.724. The number of nitrogens with zero attached hydrogens (tertiary/aromatic N) is 3. The van der Waals surface area contributed by atoms with E-state index in [1.165, 1.54) is 5.56 Å². The first kappa shape index (κ1) is 14.1. The van der Waals surface area contributed by atoms with E-state index in [0.717, 1.165) is 15.9 Å². The normalized spacial score (nSPS) is 12.0. The molecule has 0 aliphatic heterocycles. The molecule has 0 unspecified atom stereocenters. The number of halogens is 1. The fraction of sp³-hybridized carbons (Fsp3) is 0.250. The van der Waals surface area contributed by atoms with Crippen LogP contribution in [0.4, 0.5) is 5.69 Å². The highest BCUT2D eigenvalue weighted by atomic mass is 79.9. The van der Waals surface area contributed by atoms with Gasteiger partial charge in [0.1, 0.15) is 0 Å². The summed E-state index contributed by atoms with van der Waals surface area (Å²) in [5.74, 6) is 0.790. The number of rotatable bonds is 1. The second-order valence-electron chi connectivity index (χ2n) is 6.16. The van der Waals surface area contributed by atoms with E-state index < -0.39 is 0 Å². The summed E-state index contributed by atoms with van der Waals surface area (Å²) in [6.45, 7) is 6.60. The van der Waals surface area contributed by atoms with E-state index in [2.05, 4.69) is 71.2 Å². The van der Waals surface area contributed by atoms with Crippen molar-refractivity contribution in [3.63, 3.8) is 0 Å². The van der Waals surface area contributed by atoms with Crippen LogP contribution in [0.3, 0.4) is 0 Å². The minimum absolute atomic E-state index is 0.138. The van der Waals surface area contributed by atoms with Crippen LogP contribution < -0.4 is 5.73 Å². The lowest BCUT2D eigenvalue weighted by molar-refractivity contribution is 0.590. The number of nitrogen functional groups attached to an aromatic ring is 1. The van der Waals surface area contributed by atoms with Crippen molar-refractivity contribution in [1.82, 2.24) is 14.6 Å². The standard InChI is InChI=1S/C16H17BrN4/c1-16(2,3)11-6-4-10(5-7-11)14-19-20-15-13(18)8-12(17)9-21(14)15/h4-9H,18H2,1-3H3. The molecule has 0 radical (unpaired) electrons. The van der Waals surface area contributed by atoms with Gasteiger partial charge in [0.25, 0.3) is 0 Å². The Morgan fingerprint density at radius 3 is 2.38 bits per heavy atom. The van der Waals surface area contributed by atoms with Gasteiger partial charge in [-0.25, -0.2) is 0 Å². The van der Waals surface area contributed by atoms with E-state index in [4.69, 9.17) is 5.73 Å². The SMILES string of the molecule is CC(C)(C)c1ccc(-c2nnc3c(N)cc(Br)cn23)cc1. The zero-order chi connectivity index (χ0) is 15.2. The molecule has 0 aliphatic rings. The molecule has 3 aromatic rings. The molecule has 2 heterocycles. The topological polar surface area (TPSA) is 56.2 Å². The van der Waals surface area contributed by atoms with Gasteiger partial charge >= 0.3 is 0 Å². The maximum atomic E-state index is 5.98. The molecule has 2 N–H and O–H groups in total. The van der Waals surface area contributed by atoms with Gasteiger partial charge in [0, 0.05) is 16.2 Å². The summed E-state index contributed by atoms with van der Waals surface area (Å²) < 4.78 is 2.81. The predicted molar refractivity (Wildman–Crippen MR) is 89.2 cm³/mol. The number of hydrogen-bond donors (Lipinski definition) is 1. The summed E-state index contributed by atoms with van der Waals surface area (Å²) in [4.78, 5) is 0. The Morgan fingerprint density at radius 2 is 1.76 bits per heavy atom. The molecule has 0 amide bonds. The van der Waals surface area contributed by atoms with E-state index in [1.807, 2.05) is 16.7 Å². The minimum Gasteiger partial charge on any atom is -0.396 e. The fourth-order valence-corrected chi connectivity index (χ4v) is 2.75. The summed E-state index contributed by atoms with van der Waals surface area (Å²) in [7, 11) is 0. The van der Waals surface area contributed by atoms with Crippen LogP contribution in [-0.2, 0) is 5.41 Å². The van der Waals surface area contributed by atoms with Gasteiger partial charge in [-0.05, 0) is 33.0 Å². The summed E-state index contributed by atoms with van der Waals surface area (Å²) in [6.07, 6.45) is 1.93. The molecule has 21 heavy (non-hydrogen) atoms. The van der Waals surface area contributed by atoms with Crippen molar-refractivity contribution in [2.45, 2.75) is 26.2 Å². The Balaban J connectivity index is 2.13. The number of nitrogens with two attached hydrogens (primary N) is 1. The maximum Gasteiger partial charge on any atom is 0.184 e. The second kappa shape index (κ2) is 4.84. The van der Waals surface area contributed by atoms with Gasteiger partial charge in [-0.1, -0.05) is 45.0 Å². The summed E-state index contributed by atoms with van der Waals surface area (Å²) in [5, 5.41) is 8.45. The zero-order valence-corrected chi connectivity index (χ0v) is 13.8. The first-order valence-corrected chi connectivity index (χ1v) is 7.56. The van der Waals surface area contributed by atoms with E-state index in [-0.39, 0.29) is 5.41 Å². The van der Waals surface area contributed by atoms with Gasteiger partial charge in [-0.3, -0.25) is 4.40 Å². The number of anilines is 1. The monoisotopic (exact) mass is 344 g/mol. The molecular formula is C16H17BrN4. The van der Waals surface area contributed by atoms with E-state index >= 15 is 0 Å². The van der Waals surface area contributed by atoms with Crippen molar-refractivity contribution in [3.05, 3.63) is 46.6 Å². The summed E-state index contributed by atoms with van der Waals surface area (Å²) >= 11 is 3.46. The molecule has 0 bridgehead atoms.